The lowest BCUT2D eigenvalue weighted by atomic mass is 10.1. The van der Waals surface area contributed by atoms with E-state index >= 15 is 0 Å². The van der Waals surface area contributed by atoms with Crippen molar-refractivity contribution in [1.29, 1.82) is 0 Å². The van der Waals surface area contributed by atoms with Crippen molar-refractivity contribution in [1.82, 2.24) is 5.48 Å². The molecule has 1 amide bonds. The lowest BCUT2D eigenvalue weighted by Crippen LogP contribution is -2.27. The van der Waals surface area contributed by atoms with Crippen molar-refractivity contribution in [2.24, 2.45) is 0 Å². The molecule has 0 saturated heterocycles. The van der Waals surface area contributed by atoms with Gasteiger partial charge >= 0.3 is 0 Å². The fraction of sp³-hybridized carbons (Fsp3) is 0.188. The number of amides is 1. The van der Waals surface area contributed by atoms with Gasteiger partial charge in [0.05, 0.1) is 23.7 Å². The third-order valence-electron chi connectivity index (χ3n) is 3.69. The molecule has 0 unspecified atom stereocenters. The Balaban J connectivity index is 1.74. The number of nitrogens with one attached hydrogen (secondary N) is 1. The molecule has 0 bridgehead atoms. The second-order valence-corrected chi connectivity index (χ2v) is 7.02. The number of sulfonamides is 1. The van der Waals surface area contributed by atoms with Gasteiger partial charge in [0.1, 0.15) is 6.61 Å². The highest BCUT2D eigenvalue weighted by molar-refractivity contribution is 7.93. The van der Waals surface area contributed by atoms with Gasteiger partial charge in [0.2, 0.25) is 0 Å². The Bertz CT molecular complexity index is 903. The molecular formula is C16H16N2O5S. The summed E-state index contributed by atoms with van der Waals surface area (Å²) in [7, 11) is -3.56. The van der Waals surface area contributed by atoms with E-state index in [1.54, 1.807) is 30.4 Å². The molecule has 0 fully saturated rings. The summed E-state index contributed by atoms with van der Waals surface area (Å²) in [4.78, 5) is 11.1. The molecule has 1 aliphatic rings. The molecule has 3 rings (SSSR count). The zero-order chi connectivity index (χ0) is 17.2. The molecule has 0 saturated carbocycles. The van der Waals surface area contributed by atoms with Crippen LogP contribution in [0.15, 0.2) is 53.4 Å². The van der Waals surface area contributed by atoms with Crippen LogP contribution in [0.1, 0.15) is 0 Å². The van der Waals surface area contributed by atoms with E-state index in [1.807, 2.05) is 18.2 Å². The number of carbonyl (C=O) groups excluding carboxylic acids is 1. The van der Waals surface area contributed by atoms with Crippen molar-refractivity contribution in [2.75, 3.05) is 24.1 Å². The van der Waals surface area contributed by atoms with Crippen molar-refractivity contribution in [3.63, 3.8) is 0 Å². The van der Waals surface area contributed by atoms with Crippen LogP contribution < -0.4 is 9.79 Å². The van der Waals surface area contributed by atoms with Crippen LogP contribution in [0, 0.1) is 0 Å². The molecule has 1 heterocycles. The van der Waals surface area contributed by atoms with Gasteiger partial charge < -0.3 is 4.74 Å². The minimum atomic E-state index is -3.56. The maximum Gasteiger partial charge on any atom is 0.269 e. The minimum Gasteiger partial charge on any atom is -0.368 e. The van der Waals surface area contributed by atoms with Crippen LogP contribution in [-0.4, -0.2) is 39.3 Å². The Morgan fingerprint density at radius 2 is 1.96 bits per heavy atom. The van der Waals surface area contributed by atoms with Crippen molar-refractivity contribution in [3.8, 4) is 0 Å². The highest BCUT2D eigenvalue weighted by Gasteiger charge is 2.34. The molecule has 7 nitrogen and oxygen atoms in total. The number of carbonyl (C=O) groups is 1. The Kier molecular flexibility index (Phi) is 4.52. The van der Waals surface area contributed by atoms with Gasteiger partial charge in [-0.2, -0.15) is 0 Å². The quantitative estimate of drug-likeness (QED) is 0.356. The maximum absolute atomic E-state index is 12.7. The van der Waals surface area contributed by atoms with Gasteiger partial charge in [-0.3, -0.25) is 14.3 Å². The maximum atomic E-state index is 12.7. The molecule has 24 heavy (non-hydrogen) atoms. The van der Waals surface area contributed by atoms with Crippen LogP contribution in [0.25, 0.3) is 10.8 Å². The summed E-state index contributed by atoms with van der Waals surface area (Å²) in [6, 6.07) is 10.7. The summed E-state index contributed by atoms with van der Waals surface area (Å²) in [5, 5.41) is 9.95. The van der Waals surface area contributed by atoms with E-state index in [4.69, 9.17) is 9.94 Å². The van der Waals surface area contributed by atoms with Crippen LogP contribution in [-0.2, 0) is 19.6 Å². The summed E-state index contributed by atoms with van der Waals surface area (Å²) < 4.78 is 31.7. The molecule has 0 aromatic heterocycles. The number of benzene rings is 2. The van der Waals surface area contributed by atoms with Gasteiger partial charge in [0.15, 0.2) is 0 Å². The zero-order valence-corrected chi connectivity index (χ0v) is 13.5. The second kappa shape index (κ2) is 6.60. The van der Waals surface area contributed by atoms with Crippen LogP contribution in [0.4, 0.5) is 5.69 Å². The molecule has 0 aliphatic carbocycles. The van der Waals surface area contributed by atoms with Crippen LogP contribution in [0.2, 0.25) is 0 Å². The molecule has 0 atom stereocenters. The number of hydrogen-bond donors (Lipinski definition) is 2. The predicted octanol–water partition coefficient (Wildman–Crippen LogP) is 1.43. The van der Waals surface area contributed by atoms with E-state index in [1.165, 1.54) is 9.79 Å². The molecule has 8 heteroatoms. The van der Waals surface area contributed by atoms with E-state index in [0.717, 1.165) is 10.8 Å². The van der Waals surface area contributed by atoms with Crippen molar-refractivity contribution in [3.05, 3.63) is 48.6 Å². The minimum absolute atomic E-state index is 0.137. The fourth-order valence-electron chi connectivity index (χ4n) is 2.65. The highest BCUT2D eigenvalue weighted by Crippen LogP contribution is 2.41. The number of anilines is 1. The van der Waals surface area contributed by atoms with E-state index in [-0.39, 0.29) is 19.8 Å². The molecule has 2 aromatic rings. The SMILES string of the molecule is O=C(COC/C=C/CN1c2cccc3cccc(c23)S1(=O)=O)NO. The monoisotopic (exact) mass is 348 g/mol. The summed E-state index contributed by atoms with van der Waals surface area (Å²) in [5.41, 5.74) is 2.12. The number of rotatable bonds is 6. The molecular weight excluding hydrogens is 332 g/mol. The predicted molar refractivity (Wildman–Crippen MR) is 88.4 cm³/mol. The van der Waals surface area contributed by atoms with Crippen LogP contribution in [0.5, 0.6) is 0 Å². The standard InChI is InChI=1S/C16H16N2O5S/c19-15(17-20)11-23-10-2-1-9-18-13-7-3-5-12-6-4-8-14(16(12)13)24(18,21)22/h1-8,20H,9-11H2,(H,17,19)/b2-1+. The van der Waals surface area contributed by atoms with Gasteiger partial charge in [0.25, 0.3) is 15.9 Å². The first-order valence-electron chi connectivity index (χ1n) is 7.26. The first kappa shape index (κ1) is 16.4. The number of ether oxygens (including phenoxy) is 1. The van der Waals surface area contributed by atoms with Gasteiger partial charge in [0, 0.05) is 5.39 Å². The molecule has 1 aliphatic heterocycles. The highest BCUT2D eigenvalue weighted by atomic mass is 32.2. The largest absolute Gasteiger partial charge is 0.368 e. The molecule has 0 spiro atoms. The average molecular weight is 348 g/mol. The second-order valence-electron chi connectivity index (χ2n) is 5.19. The third kappa shape index (κ3) is 2.86. The van der Waals surface area contributed by atoms with Crippen molar-refractivity contribution < 1.29 is 23.2 Å². The van der Waals surface area contributed by atoms with E-state index < -0.39 is 15.9 Å². The van der Waals surface area contributed by atoms with Crippen LogP contribution in [0.3, 0.4) is 0 Å². The zero-order valence-electron chi connectivity index (χ0n) is 12.7. The normalized spacial score (nSPS) is 15.3. The summed E-state index contributed by atoms with van der Waals surface area (Å²) in [6.45, 7) is 0.0394. The number of nitrogens with zero attached hydrogens (tertiary/aromatic N) is 1. The number of hydroxylamine groups is 1. The Morgan fingerprint density at radius 3 is 2.71 bits per heavy atom. The Labute approximate surface area is 139 Å². The third-order valence-corrected chi connectivity index (χ3v) is 5.51. The van der Waals surface area contributed by atoms with E-state index in [9.17, 15) is 13.2 Å². The lowest BCUT2D eigenvalue weighted by molar-refractivity contribution is -0.133. The average Bonchev–Trinajstić information content (AvgIpc) is 2.80. The first-order valence-corrected chi connectivity index (χ1v) is 8.70. The van der Waals surface area contributed by atoms with E-state index in [0.29, 0.717) is 10.6 Å². The van der Waals surface area contributed by atoms with Gasteiger partial charge in [-0.15, -0.1) is 0 Å². The molecule has 126 valence electrons. The van der Waals surface area contributed by atoms with Crippen molar-refractivity contribution in [2.45, 2.75) is 4.90 Å². The van der Waals surface area contributed by atoms with Crippen molar-refractivity contribution >= 4 is 32.4 Å². The molecule has 2 N–H and O–H groups in total. The topological polar surface area (TPSA) is 95.9 Å². The van der Waals surface area contributed by atoms with Gasteiger partial charge in [-0.1, -0.05) is 36.4 Å². The lowest BCUT2D eigenvalue weighted by Gasteiger charge is -2.16. The van der Waals surface area contributed by atoms with Crippen LogP contribution >= 0.6 is 0 Å². The van der Waals surface area contributed by atoms with E-state index in [2.05, 4.69) is 0 Å². The number of hydrogen-bond acceptors (Lipinski definition) is 5. The smallest absolute Gasteiger partial charge is 0.269 e. The fourth-order valence-corrected chi connectivity index (χ4v) is 4.31. The van der Waals surface area contributed by atoms with Gasteiger partial charge in [-0.05, 0) is 17.5 Å². The molecule has 2 aromatic carbocycles. The first-order chi connectivity index (χ1) is 11.6. The Hall–Kier alpha value is -2.42. The Morgan fingerprint density at radius 1 is 1.21 bits per heavy atom. The summed E-state index contributed by atoms with van der Waals surface area (Å²) in [6.07, 6.45) is 3.29. The summed E-state index contributed by atoms with van der Waals surface area (Å²) in [5.74, 6) is -0.646. The molecule has 0 radical (unpaired) electrons. The van der Waals surface area contributed by atoms with Gasteiger partial charge in [-0.25, -0.2) is 13.9 Å². The summed E-state index contributed by atoms with van der Waals surface area (Å²) >= 11 is 0.